The molecule has 0 atom stereocenters. The van der Waals surface area contributed by atoms with Gasteiger partial charge in [0.15, 0.2) is 4.99 Å². The first-order valence-corrected chi connectivity index (χ1v) is 3.78. The summed E-state index contributed by atoms with van der Waals surface area (Å²) >= 11 is 0. The Morgan fingerprint density at radius 1 is 1.64 bits per heavy atom. The highest BCUT2D eigenvalue weighted by Crippen LogP contribution is 1.67. The number of nitrogens with one attached hydrogen (secondary N) is 1. The Kier molecular flexibility index (Phi) is 4.16. The van der Waals surface area contributed by atoms with Crippen molar-refractivity contribution in [3.05, 3.63) is 12.7 Å². The molecule has 0 unspecified atom stereocenters. The van der Waals surface area contributed by atoms with Crippen LogP contribution in [0.25, 0.3) is 0 Å². The van der Waals surface area contributed by atoms with E-state index in [2.05, 4.69) is 6.58 Å². The molecule has 0 saturated heterocycles. The number of carbonyl (C=O) groups excluding carboxylic acids is 1. The van der Waals surface area contributed by atoms with Crippen molar-refractivity contribution in [2.24, 2.45) is 5.73 Å². The van der Waals surface area contributed by atoms with Gasteiger partial charge in [0.2, 0.25) is 16.2 Å². The molecule has 0 saturated carbocycles. The van der Waals surface area contributed by atoms with E-state index in [1.54, 1.807) is 0 Å². The minimum atomic E-state index is -2.46. The smallest absolute Gasteiger partial charge is 0.248 e. The van der Waals surface area contributed by atoms with Crippen molar-refractivity contribution in [1.29, 1.82) is 0 Å². The zero-order valence-electron chi connectivity index (χ0n) is 5.70. The molecule has 0 aromatic heterocycles. The predicted molar refractivity (Wildman–Crippen MR) is 41.3 cm³/mol. The van der Waals surface area contributed by atoms with Gasteiger partial charge in [-0.2, -0.15) is 8.42 Å². The molecule has 11 heavy (non-hydrogen) atoms. The van der Waals surface area contributed by atoms with E-state index < -0.39 is 16.2 Å². The summed E-state index contributed by atoms with van der Waals surface area (Å²) in [5.41, 5.74) is 5.00. The van der Waals surface area contributed by atoms with Gasteiger partial charge in [-0.3, -0.25) is 4.79 Å². The fraction of sp³-hybridized carbons (Fsp3) is 0.200. The fourth-order valence-corrected chi connectivity index (χ4v) is 0.669. The van der Waals surface area contributed by atoms with E-state index in [9.17, 15) is 13.2 Å². The maximum absolute atomic E-state index is 10.5. The summed E-state index contributed by atoms with van der Waals surface area (Å²) in [5, 5.41) is 2.04. The van der Waals surface area contributed by atoms with Gasteiger partial charge in [-0.15, -0.1) is 0 Å². The summed E-state index contributed by atoms with van der Waals surface area (Å²) in [6, 6.07) is 0. The van der Waals surface area contributed by atoms with Crippen LogP contribution in [0, 0.1) is 0 Å². The quantitative estimate of drug-likeness (QED) is 0.386. The van der Waals surface area contributed by atoms with Gasteiger partial charge in [-0.25, -0.2) is 0 Å². The van der Waals surface area contributed by atoms with Crippen molar-refractivity contribution in [2.75, 3.05) is 6.54 Å². The Hall–Kier alpha value is -1.14. The van der Waals surface area contributed by atoms with E-state index in [0.29, 0.717) is 0 Å². The van der Waals surface area contributed by atoms with Crippen molar-refractivity contribution < 1.29 is 13.2 Å². The van der Waals surface area contributed by atoms with E-state index >= 15 is 0 Å². The van der Waals surface area contributed by atoms with Gasteiger partial charge >= 0.3 is 0 Å². The molecule has 0 bridgehead atoms. The summed E-state index contributed by atoms with van der Waals surface area (Å²) in [6.07, 6.45) is 0.961. The second-order valence-corrected chi connectivity index (χ2v) is 2.52. The second kappa shape index (κ2) is 4.64. The van der Waals surface area contributed by atoms with Gasteiger partial charge in [-0.1, -0.05) is 6.58 Å². The van der Waals surface area contributed by atoms with Gasteiger partial charge in [0, 0.05) is 6.54 Å². The van der Waals surface area contributed by atoms with Crippen LogP contribution in [-0.2, 0) is 15.1 Å². The minimum Gasteiger partial charge on any atom is -0.324 e. The highest BCUT2D eigenvalue weighted by atomic mass is 32.2. The molecule has 0 radical (unpaired) electrons. The Morgan fingerprint density at radius 3 is 2.45 bits per heavy atom. The van der Waals surface area contributed by atoms with Gasteiger partial charge in [0.25, 0.3) is 0 Å². The molecule has 0 fully saturated rings. The molecule has 3 N–H and O–H groups in total. The lowest BCUT2D eigenvalue weighted by molar-refractivity contribution is -0.115. The third kappa shape index (κ3) is 3.54. The third-order valence-electron chi connectivity index (χ3n) is 0.835. The van der Waals surface area contributed by atoms with Gasteiger partial charge in [-0.05, 0) is 6.08 Å². The molecule has 6 heteroatoms. The average Bonchev–Trinajstić information content (AvgIpc) is 1.99. The second-order valence-electron chi connectivity index (χ2n) is 1.56. The van der Waals surface area contributed by atoms with Crippen LogP contribution in [0.3, 0.4) is 0 Å². The minimum absolute atomic E-state index is 0.226. The van der Waals surface area contributed by atoms with Crippen LogP contribution in [0.2, 0.25) is 0 Å². The normalized spacial score (nSPS) is 8.45. The number of nitrogens with two attached hydrogens (primary N) is 1. The molecule has 0 spiro atoms. The van der Waals surface area contributed by atoms with Crippen molar-refractivity contribution in [1.82, 2.24) is 5.32 Å². The first-order valence-electron chi connectivity index (χ1n) is 2.70. The summed E-state index contributed by atoms with van der Waals surface area (Å²) in [6.45, 7) is 2.91. The SMILES string of the molecule is C=CC(=O)NC(CN)=S(=O)=O. The molecule has 0 aliphatic rings. The molecule has 62 valence electrons. The van der Waals surface area contributed by atoms with Gasteiger partial charge in [0.05, 0.1) is 0 Å². The van der Waals surface area contributed by atoms with E-state index in [0.717, 1.165) is 6.08 Å². The van der Waals surface area contributed by atoms with E-state index in [-0.39, 0.29) is 11.5 Å². The van der Waals surface area contributed by atoms with Crippen LogP contribution in [0.15, 0.2) is 12.7 Å². The fourth-order valence-electron chi connectivity index (χ4n) is 0.349. The molecular formula is C5H8N2O3S. The Bertz CT molecular complexity index is 283. The summed E-state index contributed by atoms with van der Waals surface area (Å²) in [5.74, 6) is -0.588. The lowest BCUT2D eigenvalue weighted by Crippen LogP contribution is -2.35. The van der Waals surface area contributed by atoms with Crippen molar-refractivity contribution >= 4 is 21.2 Å². The Morgan fingerprint density at radius 2 is 2.18 bits per heavy atom. The standard InChI is InChI=1S/C5H8N2O3S/c1-2-4(8)7-5(3-6)11(9)10/h2H,1,3,6H2,(H,7,8). The van der Waals surface area contributed by atoms with Crippen LogP contribution in [0.1, 0.15) is 0 Å². The van der Waals surface area contributed by atoms with Crippen molar-refractivity contribution in [2.45, 2.75) is 0 Å². The van der Waals surface area contributed by atoms with Crippen molar-refractivity contribution in [3.8, 4) is 0 Å². The lowest BCUT2D eigenvalue weighted by atomic mass is 10.5. The molecule has 0 aliphatic heterocycles. The average molecular weight is 176 g/mol. The summed E-state index contributed by atoms with van der Waals surface area (Å²) < 4.78 is 20.4. The maximum Gasteiger partial charge on any atom is 0.248 e. The number of hydrogen-bond donors (Lipinski definition) is 2. The molecule has 0 aromatic carbocycles. The van der Waals surface area contributed by atoms with E-state index in [1.807, 2.05) is 5.32 Å². The molecule has 0 aromatic rings. The van der Waals surface area contributed by atoms with Crippen molar-refractivity contribution in [3.63, 3.8) is 0 Å². The highest BCUT2D eigenvalue weighted by Gasteiger charge is 2.00. The van der Waals surface area contributed by atoms with E-state index in [4.69, 9.17) is 5.73 Å². The topological polar surface area (TPSA) is 89.3 Å². The molecule has 0 aliphatic carbocycles. The summed E-state index contributed by atoms with van der Waals surface area (Å²) in [7, 11) is -2.46. The van der Waals surface area contributed by atoms with E-state index in [1.165, 1.54) is 0 Å². The maximum atomic E-state index is 10.5. The van der Waals surface area contributed by atoms with Crippen LogP contribution in [-0.4, -0.2) is 25.9 Å². The number of amides is 1. The molecule has 5 nitrogen and oxygen atoms in total. The molecule has 0 heterocycles. The Balaban J connectivity index is 4.48. The third-order valence-corrected chi connectivity index (χ3v) is 1.51. The van der Waals surface area contributed by atoms with Crippen LogP contribution < -0.4 is 11.1 Å². The first kappa shape index (κ1) is 9.86. The lowest BCUT2D eigenvalue weighted by Gasteiger charge is -1.97. The predicted octanol–water partition coefficient (Wildman–Crippen LogP) is -1.74. The zero-order valence-corrected chi connectivity index (χ0v) is 6.52. The van der Waals surface area contributed by atoms with Crippen LogP contribution >= 0.6 is 0 Å². The van der Waals surface area contributed by atoms with Crippen LogP contribution in [0.5, 0.6) is 0 Å². The number of rotatable bonds is 2. The first-order chi connectivity index (χ1) is 5.11. The summed E-state index contributed by atoms with van der Waals surface area (Å²) in [4.78, 5) is 10.3. The zero-order chi connectivity index (χ0) is 8.85. The Labute approximate surface area is 65.4 Å². The monoisotopic (exact) mass is 176 g/mol. The highest BCUT2D eigenvalue weighted by molar-refractivity contribution is 7.73. The van der Waals surface area contributed by atoms with Crippen LogP contribution in [0.4, 0.5) is 0 Å². The largest absolute Gasteiger partial charge is 0.324 e. The molecule has 0 rings (SSSR count). The van der Waals surface area contributed by atoms with Gasteiger partial charge in [0.1, 0.15) is 0 Å². The van der Waals surface area contributed by atoms with Gasteiger partial charge < -0.3 is 11.1 Å². The number of hydrogen-bond acceptors (Lipinski definition) is 4. The number of carbonyl (C=O) groups is 1. The molecule has 1 amide bonds. The molecular weight excluding hydrogens is 168 g/mol.